The Balaban J connectivity index is 0.000000373. The van der Waals surface area contributed by atoms with Gasteiger partial charge >= 0.3 is 12.1 Å². The van der Waals surface area contributed by atoms with Crippen LogP contribution in [0.1, 0.15) is 48.0 Å². The van der Waals surface area contributed by atoms with Crippen molar-refractivity contribution in [2.75, 3.05) is 6.54 Å². The summed E-state index contributed by atoms with van der Waals surface area (Å²) in [5.41, 5.74) is 9.44. The molecule has 2 rings (SSSR count). The van der Waals surface area contributed by atoms with Gasteiger partial charge in [-0.25, -0.2) is 0 Å². The summed E-state index contributed by atoms with van der Waals surface area (Å²) in [4.78, 5) is 19.4. The van der Waals surface area contributed by atoms with Crippen molar-refractivity contribution in [2.45, 2.75) is 44.3 Å². The summed E-state index contributed by atoms with van der Waals surface area (Å²) in [6.45, 7) is -0.278. The number of alkyl halides is 3. The number of aldehydes is 1. The molecule has 1 aliphatic carbocycles. The zero-order chi connectivity index (χ0) is 18.6. The van der Waals surface area contributed by atoms with Crippen LogP contribution in [0.3, 0.4) is 0 Å². The number of carboxylic acids is 1. The molecule has 0 bridgehead atoms. The van der Waals surface area contributed by atoms with Crippen LogP contribution in [0, 0.1) is 0 Å². The van der Waals surface area contributed by atoms with Gasteiger partial charge in [-0.15, -0.1) is 0 Å². The van der Waals surface area contributed by atoms with Gasteiger partial charge in [0.25, 0.3) is 0 Å². The van der Waals surface area contributed by atoms with Crippen molar-refractivity contribution >= 4 is 12.3 Å². The Labute approximate surface area is 138 Å². The fourth-order valence-corrected chi connectivity index (χ4v) is 1.92. The molecule has 5 nitrogen and oxygen atoms in total. The van der Waals surface area contributed by atoms with Crippen LogP contribution in [0.5, 0.6) is 0 Å². The summed E-state index contributed by atoms with van der Waals surface area (Å²) >= 11 is 0. The standard InChI is InChI=1S/C8H5F3O.C6H13N.C2H5NO2/c9-8(10,11)7-3-1-2-6(4-7)5-12;7-6-4-2-1-3-5-6;3-1-2(4)5/h1-5H;6H,1-5,7H2;1,3H2,(H,4,5). The Morgan fingerprint density at radius 2 is 1.79 bits per heavy atom. The van der Waals surface area contributed by atoms with Crippen molar-refractivity contribution in [3.05, 3.63) is 35.4 Å². The van der Waals surface area contributed by atoms with E-state index < -0.39 is 17.7 Å². The largest absolute Gasteiger partial charge is 0.480 e. The lowest BCUT2D eigenvalue weighted by Gasteiger charge is -2.15. The van der Waals surface area contributed by atoms with Gasteiger partial charge in [-0.1, -0.05) is 31.4 Å². The predicted octanol–water partition coefficient (Wildman–Crippen LogP) is 2.83. The predicted molar refractivity (Wildman–Crippen MR) is 84.6 cm³/mol. The molecule has 0 spiro atoms. The number of hydrogen-bond donors (Lipinski definition) is 3. The molecule has 0 aromatic heterocycles. The van der Waals surface area contributed by atoms with Gasteiger partial charge in [0.2, 0.25) is 0 Å². The fraction of sp³-hybridized carbons (Fsp3) is 0.500. The molecule has 1 fully saturated rings. The normalized spacial score (nSPS) is 14.5. The van der Waals surface area contributed by atoms with E-state index in [0.717, 1.165) is 12.1 Å². The first kappa shape index (κ1) is 22.1. The third-order valence-electron chi connectivity index (χ3n) is 3.17. The summed E-state index contributed by atoms with van der Waals surface area (Å²) < 4.78 is 36.0. The third-order valence-corrected chi connectivity index (χ3v) is 3.17. The molecule has 0 unspecified atom stereocenters. The molecule has 1 aromatic carbocycles. The van der Waals surface area contributed by atoms with E-state index in [9.17, 15) is 22.8 Å². The van der Waals surface area contributed by atoms with E-state index in [1.807, 2.05) is 0 Å². The van der Waals surface area contributed by atoms with Crippen LogP contribution >= 0.6 is 0 Å². The Kier molecular flexibility index (Phi) is 10.7. The first-order valence-electron chi connectivity index (χ1n) is 7.50. The van der Waals surface area contributed by atoms with Gasteiger partial charge < -0.3 is 16.6 Å². The molecule has 5 N–H and O–H groups in total. The summed E-state index contributed by atoms with van der Waals surface area (Å²) in [6.07, 6.45) is 2.67. The second-order valence-corrected chi connectivity index (χ2v) is 5.24. The van der Waals surface area contributed by atoms with Crippen molar-refractivity contribution in [3.8, 4) is 0 Å². The molecule has 0 atom stereocenters. The third kappa shape index (κ3) is 10.7. The minimum absolute atomic E-state index is 0.0322. The maximum Gasteiger partial charge on any atom is 0.416 e. The Morgan fingerprint density at radius 3 is 2.12 bits per heavy atom. The maximum absolute atomic E-state index is 12.0. The van der Waals surface area contributed by atoms with E-state index in [1.54, 1.807) is 0 Å². The molecular weight excluding hydrogens is 325 g/mol. The van der Waals surface area contributed by atoms with Gasteiger partial charge in [0.05, 0.1) is 12.1 Å². The first-order chi connectivity index (χ1) is 11.2. The van der Waals surface area contributed by atoms with Gasteiger partial charge in [-0.05, 0) is 25.0 Å². The minimum Gasteiger partial charge on any atom is -0.480 e. The highest BCUT2D eigenvalue weighted by molar-refractivity contribution is 5.75. The summed E-state index contributed by atoms with van der Waals surface area (Å²) in [7, 11) is 0. The van der Waals surface area contributed by atoms with Crippen LogP contribution in [0.15, 0.2) is 24.3 Å². The Hall–Kier alpha value is -1.93. The highest BCUT2D eigenvalue weighted by Crippen LogP contribution is 2.29. The van der Waals surface area contributed by atoms with Crippen molar-refractivity contribution in [2.24, 2.45) is 11.5 Å². The highest BCUT2D eigenvalue weighted by atomic mass is 19.4. The van der Waals surface area contributed by atoms with E-state index >= 15 is 0 Å². The summed E-state index contributed by atoms with van der Waals surface area (Å²) in [6, 6.07) is 4.79. The number of carbonyl (C=O) groups excluding carboxylic acids is 1. The molecule has 1 saturated carbocycles. The fourth-order valence-electron chi connectivity index (χ4n) is 1.92. The lowest BCUT2D eigenvalue weighted by molar-refractivity contribution is -0.137. The molecule has 0 radical (unpaired) electrons. The van der Waals surface area contributed by atoms with Crippen molar-refractivity contribution in [1.29, 1.82) is 0 Å². The van der Waals surface area contributed by atoms with Crippen LogP contribution < -0.4 is 11.5 Å². The molecule has 0 saturated heterocycles. The number of carbonyl (C=O) groups is 2. The van der Waals surface area contributed by atoms with Crippen LogP contribution in [-0.2, 0) is 11.0 Å². The molecule has 1 aromatic rings. The SMILES string of the molecule is NC1CCCCC1.NCC(=O)O.O=Cc1cccc(C(F)(F)F)c1. The smallest absolute Gasteiger partial charge is 0.416 e. The van der Waals surface area contributed by atoms with Gasteiger partial charge in [-0.3, -0.25) is 9.59 Å². The average Bonchev–Trinajstić information content (AvgIpc) is 2.56. The van der Waals surface area contributed by atoms with E-state index in [2.05, 4.69) is 5.73 Å². The van der Waals surface area contributed by atoms with Crippen molar-refractivity contribution in [3.63, 3.8) is 0 Å². The second kappa shape index (κ2) is 11.6. The number of nitrogens with two attached hydrogens (primary N) is 2. The molecule has 8 heteroatoms. The summed E-state index contributed by atoms with van der Waals surface area (Å²) in [5.74, 6) is -0.968. The maximum atomic E-state index is 12.0. The average molecular weight is 348 g/mol. The van der Waals surface area contributed by atoms with Gasteiger partial charge in [0.1, 0.15) is 6.29 Å². The van der Waals surface area contributed by atoms with Crippen molar-refractivity contribution in [1.82, 2.24) is 0 Å². The minimum atomic E-state index is -4.38. The number of aliphatic carboxylic acids is 1. The topological polar surface area (TPSA) is 106 Å². The number of hydrogen-bond acceptors (Lipinski definition) is 4. The number of benzene rings is 1. The van der Waals surface area contributed by atoms with Crippen molar-refractivity contribution < 1.29 is 27.9 Å². The van der Waals surface area contributed by atoms with E-state index in [1.165, 1.54) is 44.2 Å². The molecule has 0 aliphatic heterocycles. The Bertz CT molecular complexity index is 502. The van der Waals surface area contributed by atoms with Gasteiger partial charge in [0.15, 0.2) is 0 Å². The van der Waals surface area contributed by atoms with Gasteiger partial charge in [-0.2, -0.15) is 13.2 Å². The van der Waals surface area contributed by atoms with E-state index in [4.69, 9.17) is 10.8 Å². The second-order valence-electron chi connectivity index (χ2n) is 5.24. The molecule has 0 amide bonds. The van der Waals surface area contributed by atoms with Crippen LogP contribution in [0.25, 0.3) is 0 Å². The van der Waals surface area contributed by atoms with Gasteiger partial charge in [0, 0.05) is 11.6 Å². The highest BCUT2D eigenvalue weighted by Gasteiger charge is 2.30. The number of carboxylic acid groups (broad SMARTS) is 1. The lowest BCUT2D eigenvalue weighted by Crippen LogP contribution is -2.22. The quantitative estimate of drug-likeness (QED) is 0.713. The van der Waals surface area contributed by atoms with E-state index in [-0.39, 0.29) is 12.1 Å². The number of rotatable bonds is 2. The zero-order valence-electron chi connectivity index (χ0n) is 13.3. The zero-order valence-corrected chi connectivity index (χ0v) is 13.3. The molecule has 1 aliphatic rings. The molecule has 136 valence electrons. The molecular formula is C16H23F3N2O3. The van der Waals surface area contributed by atoms with Crippen LogP contribution in [0.2, 0.25) is 0 Å². The lowest BCUT2D eigenvalue weighted by atomic mass is 9.97. The monoisotopic (exact) mass is 348 g/mol. The first-order valence-corrected chi connectivity index (χ1v) is 7.50. The van der Waals surface area contributed by atoms with Crippen LogP contribution in [0.4, 0.5) is 13.2 Å². The summed E-state index contributed by atoms with van der Waals surface area (Å²) in [5, 5.41) is 7.60. The van der Waals surface area contributed by atoms with E-state index in [0.29, 0.717) is 12.3 Å². The van der Waals surface area contributed by atoms with Crippen LogP contribution in [-0.4, -0.2) is 29.9 Å². The molecule has 0 heterocycles. The molecule has 24 heavy (non-hydrogen) atoms. The Morgan fingerprint density at radius 1 is 1.25 bits per heavy atom. The number of halogens is 3.